The zero-order valence-corrected chi connectivity index (χ0v) is 31.1. The summed E-state index contributed by atoms with van der Waals surface area (Å²) in [4.78, 5) is 2.52. The molecule has 11 rings (SSSR count). The number of aryl methyl sites for hydroxylation is 1. The third kappa shape index (κ3) is 5.40. The van der Waals surface area contributed by atoms with Gasteiger partial charge in [0, 0.05) is 38.7 Å². The lowest BCUT2D eigenvalue weighted by molar-refractivity contribution is 0.672. The summed E-state index contributed by atoms with van der Waals surface area (Å²) in [5.74, 6) is 0. The number of anilines is 2. The monoisotopic (exact) mass is 717 g/mol. The minimum absolute atomic E-state index is 0.910. The third-order valence-corrected chi connectivity index (χ3v) is 11.8. The Hall–Kier alpha value is -6.90. The van der Waals surface area contributed by atoms with Crippen LogP contribution in [0.15, 0.2) is 192 Å². The van der Waals surface area contributed by atoms with Gasteiger partial charge in [-0.15, -0.1) is 0 Å². The second-order valence-electron chi connectivity index (χ2n) is 15.0. The Labute approximate surface area is 327 Å². The number of benzene rings is 8. The third-order valence-electron chi connectivity index (χ3n) is 11.8. The van der Waals surface area contributed by atoms with Crippen LogP contribution >= 0.6 is 0 Å². The molecule has 0 saturated heterocycles. The molecule has 0 amide bonds. The van der Waals surface area contributed by atoms with Crippen LogP contribution in [0.4, 0.5) is 11.4 Å². The van der Waals surface area contributed by atoms with E-state index in [2.05, 4.69) is 193 Å². The molecule has 0 unspecified atom stereocenters. The van der Waals surface area contributed by atoms with Crippen LogP contribution in [0, 0.1) is 0 Å². The van der Waals surface area contributed by atoms with Crippen LogP contribution in [0.5, 0.6) is 0 Å². The smallest absolute Gasteiger partial charge is 0.143 e. The van der Waals surface area contributed by atoms with E-state index in [1.54, 1.807) is 0 Å². The highest BCUT2D eigenvalue weighted by Crippen LogP contribution is 2.45. The number of hydrogen-bond acceptors (Lipinski definition) is 2. The zero-order valence-electron chi connectivity index (χ0n) is 31.1. The van der Waals surface area contributed by atoms with Crippen molar-refractivity contribution in [2.24, 2.45) is 0 Å². The number of fused-ring (bicyclic) bond motifs is 8. The average Bonchev–Trinajstić information content (AvgIpc) is 3.66. The first-order valence-corrected chi connectivity index (χ1v) is 19.8. The van der Waals surface area contributed by atoms with Crippen molar-refractivity contribution in [2.45, 2.75) is 25.7 Å². The van der Waals surface area contributed by atoms with Gasteiger partial charge in [-0.05, 0) is 118 Å². The first-order chi connectivity index (χ1) is 27.8. The largest absolute Gasteiger partial charge is 0.455 e. The van der Waals surface area contributed by atoms with Crippen LogP contribution in [-0.2, 0) is 6.42 Å². The van der Waals surface area contributed by atoms with Crippen molar-refractivity contribution in [3.8, 4) is 22.3 Å². The summed E-state index contributed by atoms with van der Waals surface area (Å²) >= 11 is 0. The molecule has 0 bridgehead atoms. The van der Waals surface area contributed by atoms with Crippen molar-refractivity contribution in [3.05, 3.63) is 204 Å². The van der Waals surface area contributed by atoms with Gasteiger partial charge >= 0.3 is 0 Å². The second kappa shape index (κ2) is 13.4. The van der Waals surface area contributed by atoms with Gasteiger partial charge in [-0.2, -0.15) is 0 Å². The summed E-state index contributed by atoms with van der Waals surface area (Å²) in [7, 11) is 0. The number of furan rings is 1. The Morgan fingerprint density at radius 3 is 2.07 bits per heavy atom. The fourth-order valence-corrected chi connectivity index (χ4v) is 9.14. The molecule has 0 N–H and O–H groups in total. The molecule has 2 heteroatoms. The van der Waals surface area contributed by atoms with Crippen LogP contribution < -0.4 is 4.90 Å². The quantitative estimate of drug-likeness (QED) is 0.170. The minimum Gasteiger partial charge on any atom is -0.455 e. The van der Waals surface area contributed by atoms with Gasteiger partial charge in [0.15, 0.2) is 0 Å². The van der Waals surface area contributed by atoms with Crippen LogP contribution in [0.1, 0.15) is 36.0 Å². The zero-order chi connectivity index (χ0) is 37.0. The SMILES string of the molecule is C1=CC(c2ccc3oc4c5ccccc5ccc4c3c2)=C(N(c2ccc(-c3cc4c(c5ccccc35)CCC=C4)cc2)c2ccccc2-c2ccccc2)CC1. The van der Waals surface area contributed by atoms with E-state index in [1.807, 2.05) is 0 Å². The summed E-state index contributed by atoms with van der Waals surface area (Å²) in [6.07, 6.45) is 13.3. The lowest BCUT2D eigenvalue weighted by atomic mass is 9.87. The Morgan fingerprint density at radius 1 is 0.464 bits per heavy atom. The first kappa shape index (κ1) is 32.5. The first-order valence-electron chi connectivity index (χ1n) is 19.8. The molecule has 2 aliphatic carbocycles. The van der Waals surface area contributed by atoms with Gasteiger partial charge in [-0.1, -0.05) is 146 Å². The normalized spacial score (nSPS) is 13.9. The molecule has 1 aromatic heterocycles. The van der Waals surface area contributed by atoms with Crippen molar-refractivity contribution < 1.29 is 4.42 Å². The van der Waals surface area contributed by atoms with Crippen LogP contribution in [0.2, 0.25) is 0 Å². The Balaban J connectivity index is 1.10. The topological polar surface area (TPSA) is 16.4 Å². The summed E-state index contributed by atoms with van der Waals surface area (Å²) in [6, 6.07) is 59.9. The number of nitrogens with zero attached hydrogens (tertiary/aromatic N) is 1. The van der Waals surface area contributed by atoms with Crippen LogP contribution in [0.3, 0.4) is 0 Å². The summed E-state index contributed by atoms with van der Waals surface area (Å²) in [6.45, 7) is 0. The summed E-state index contributed by atoms with van der Waals surface area (Å²) < 4.78 is 6.54. The summed E-state index contributed by atoms with van der Waals surface area (Å²) in [5.41, 5.74) is 15.6. The maximum Gasteiger partial charge on any atom is 0.143 e. The molecule has 266 valence electrons. The molecule has 8 aromatic carbocycles. The van der Waals surface area contributed by atoms with E-state index in [0.29, 0.717) is 0 Å². The highest BCUT2D eigenvalue weighted by atomic mass is 16.3. The Kier molecular flexibility index (Phi) is 7.81. The predicted octanol–water partition coefficient (Wildman–Crippen LogP) is 15.1. The Morgan fingerprint density at radius 2 is 1.18 bits per heavy atom. The van der Waals surface area contributed by atoms with Crippen molar-refractivity contribution in [2.75, 3.05) is 4.90 Å². The van der Waals surface area contributed by atoms with E-state index in [4.69, 9.17) is 4.42 Å². The van der Waals surface area contributed by atoms with Crippen molar-refractivity contribution >= 4 is 66.5 Å². The average molecular weight is 718 g/mol. The van der Waals surface area contributed by atoms with Crippen LogP contribution in [0.25, 0.3) is 77.4 Å². The van der Waals surface area contributed by atoms with Crippen LogP contribution in [-0.4, -0.2) is 0 Å². The molecule has 2 nitrogen and oxygen atoms in total. The minimum atomic E-state index is 0.910. The molecule has 0 saturated carbocycles. The number of rotatable bonds is 6. The number of allylic oxidation sites excluding steroid dienone is 5. The summed E-state index contributed by atoms with van der Waals surface area (Å²) in [5, 5.41) is 7.31. The predicted molar refractivity (Wildman–Crippen MR) is 237 cm³/mol. The van der Waals surface area contributed by atoms with Crippen molar-refractivity contribution in [1.82, 2.24) is 0 Å². The van der Waals surface area contributed by atoms with E-state index in [-0.39, 0.29) is 0 Å². The van der Waals surface area contributed by atoms with Gasteiger partial charge in [-0.3, -0.25) is 0 Å². The second-order valence-corrected chi connectivity index (χ2v) is 15.0. The van der Waals surface area contributed by atoms with Gasteiger partial charge in [-0.25, -0.2) is 0 Å². The molecule has 1 heterocycles. The maximum atomic E-state index is 6.54. The molecule has 9 aromatic rings. The van der Waals surface area contributed by atoms with Crippen molar-refractivity contribution in [1.29, 1.82) is 0 Å². The standard InChI is InChI=1S/C54H39NO/c1-2-14-36(15-3-1)43-19-10-12-24-51(43)55(41-30-26-38(27-31-41)49-34-39-17-5-6-18-42(39)46-22-8-9-23-47(46)49)52-25-13-11-20-44(52)40-29-33-53-50(35-40)48-32-28-37-16-4-7-21-45(37)54(48)56-53/h1-5,7-12,14-17,19-24,26-35H,6,13,18,25H2. The fraction of sp³-hybridized carbons (Fsp3) is 0.0741. The molecular formula is C54H39NO. The number of para-hydroxylation sites is 1. The molecule has 0 aliphatic heterocycles. The highest BCUT2D eigenvalue weighted by molar-refractivity contribution is 6.15. The van der Waals surface area contributed by atoms with Gasteiger partial charge < -0.3 is 9.32 Å². The molecule has 56 heavy (non-hydrogen) atoms. The molecule has 0 atom stereocenters. The van der Waals surface area contributed by atoms with Gasteiger partial charge in [0.05, 0.1) is 5.69 Å². The van der Waals surface area contributed by atoms with Crippen molar-refractivity contribution in [3.63, 3.8) is 0 Å². The van der Waals surface area contributed by atoms with E-state index < -0.39 is 0 Å². The van der Waals surface area contributed by atoms with E-state index in [0.717, 1.165) is 58.7 Å². The molecule has 2 aliphatic rings. The lowest BCUT2D eigenvalue weighted by Crippen LogP contribution is -2.20. The maximum absolute atomic E-state index is 6.54. The van der Waals surface area contributed by atoms with E-state index in [9.17, 15) is 0 Å². The molecule has 0 radical (unpaired) electrons. The molecule has 0 spiro atoms. The van der Waals surface area contributed by atoms with E-state index in [1.165, 1.54) is 72.1 Å². The van der Waals surface area contributed by atoms with Gasteiger partial charge in [0.25, 0.3) is 0 Å². The lowest BCUT2D eigenvalue weighted by Gasteiger charge is -2.33. The van der Waals surface area contributed by atoms with Gasteiger partial charge in [0.1, 0.15) is 11.2 Å². The molecule has 0 fully saturated rings. The molecular weight excluding hydrogens is 679 g/mol. The van der Waals surface area contributed by atoms with E-state index >= 15 is 0 Å². The van der Waals surface area contributed by atoms with Gasteiger partial charge in [0.2, 0.25) is 0 Å². The highest BCUT2D eigenvalue weighted by Gasteiger charge is 2.24. The Bertz CT molecular complexity index is 3070. The number of hydrogen-bond donors (Lipinski definition) is 0. The fourth-order valence-electron chi connectivity index (χ4n) is 9.14.